The first-order valence-corrected chi connectivity index (χ1v) is 11.5. The van der Waals surface area contributed by atoms with Gasteiger partial charge < -0.3 is 4.57 Å². The van der Waals surface area contributed by atoms with Crippen molar-refractivity contribution in [1.29, 1.82) is 0 Å². The minimum absolute atomic E-state index is 0.133. The second-order valence-corrected chi connectivity index (χ2v) is 9.63. The minimum atomic E-state index is -3.50. The Morgan fingerprint density at radius 2 is 1.93 bits per heavy atom. The van der Waals surface area contributed by atoms with Crippen molar-refractivity contribution in [3.63, 3.8) is 0 Å². The third kappa shape index (κ3) is 3.53. The molecule has 7 nitrogen and oxygen atoms in total. The number of aromatic nitrogens is 4. The lowest BCUT2D eigenvalue weighted by Gasteiger charge is -2.31. The van der Waals surface area contributed by atoms with Gasteiger partial charge in [-0.1, -0.05) is 12.1 Å². The van der Waals surface area contributed by atoms with E-state index in [0.29, 0.717) is 19.0 Å². The lowest BCUT2D eigenvalue weighted by Crippen LogP contribution is -2.39. The highest BCUT2D eigenvalue weighted by Crippen LogP contribution is 2.28. The first-order valence-electron chi connectivity index (χ1n) is 10.1. The molecule has 0 aliphatic carbocycles. The van der Waals surface area contributed by atoms with Crippen LogP contribution in [0.3, 0.4) is 0 Å². The monoisotopic (exact) mass is 421 g/mol. The molecule has 1 aliphatic heterocycles. The molecular formula is C22H23N5O2S. The summed E-state index contributed by atoms with van der Waals surface area (Å²) in [6.07, 6.45) is 9.06. The van der Waals surface area contributed by atoms with Gasteiger partial charge in [0.25, 0.3) is 10.0 Å². The molecule has 0 spiro atoms. The van der Waals surface area contributed by atoms with Crippen LogP contribution in [0.4, 0.5) is 0 Å². The molecule has 8 heteroatoms. The van der Waals surface area contributed by atoms with E-state index in [-0.39, 0.29) is 5.03 Å². The Morgan fingerprint density at radius 1 is 1.07 bits per heavy atom. The van der Waals surface area contributed by atoms with Gasteiger partial charge in [-0.2, -0.15) is 9.40 Å². The van der Waals surface area contributed by atoms with Crippen LogP contribution in [0.25, 0.3) is 22.0 Å². The number of rotatable bonds is 5. The number of aromatic amines is 1. The average Bonchev–Trinajstić information content (AvgIpc) is 3.45. The van der Waals surface area contributed by atoms with E-state index in [4.69, 9.17) is 0 Å². The fraction of sp³-hybridized carbons (Fsp3) is 0.273. The summed E-state index contributed by atoms with van der Waals surface area (Å²) in [6, 6.07) is 13.6. The third-order valence-electron chi connectivity index (χ3n) is 5.87. The second kappa shape index (κ2) is 7.70. The number of H-pyrrole nitrogens is 1. The molecule has 154 valence electrons. The van der Waals surface area contributed by atoms with Crippen LogP contribution in [0.2, 0.25) is 0 Å². The topological polar surface area (TPSA) is 83.9 Å². The highest BCUT2D eigenvalue weighted by molar-refractivity contribution is 7.89. The summed E-state index contributed by atoms with van der Waals surface area (Å²) in [7, 11) is -3.50. The van der Waals surface area contributed by atoms with Crippen LogP contribution >= 0.6 is 0 Å². The van der Waals surface area contributed by atoms with Gasteiger partial charge in [-0.05, 0) is 54.7 Å². The van der Waals surface area contributed by atoms with Gasteiger partial charge in [0, 0.05) is 54.7 Å². The number of hydrogen-bond acceptors (Lipinski definition) is 4. The zero-order chi connectivity index (χ0) is 20.6. The van der Waals surface area contributed by atoms with E-state index < -0.39 is 10.0 Å². The number of pyridine rings is 1. The van der Waals surface area contributed by atoms with Crippen LogP contribution < -0.4 is 0 Å². The van der Waals surface area contributed by atoms with Crippen LogP contribution in [0, 0.1) is 5.92 Å². The van der Waals surface area contributed by atoms with Gasteiger partial charge in [-0.3, -0.25) is 5.10 Å². The Kier molecular flexibility index (Phi) is 4.88. The highest BCUT2D eigenvalue weighted by Gasteiger charge is 2.30. The van der Waals surface area contributed by atoms with Gasteiger partial charge in [-0.25, -0.2) is 13.4 Å². The number of nitrogens with zero attached hydrogens (tertiary/aromatic N) is 4. The van der Waals surface area contributed by atoms with Crippen LogP contribution in [-0.2, 0) is 16.6 Å². The molecule has 0 radical (unpaired) electrons. The molecule has 4 heterocycles. The third-order valence-corrected chi connectivity index (χ3v) is 7.69. The van der Waals surface area contributed by atoms with Crippen molar-refractivity contribution in [2.75, 3.05) is 13.1 Å². The normalized spacial score (nSPS) is 16.3. The Labute approximate surface area is 175 Å². The summed E-state index contributed by atoms with van der Waals surface area (Å²) < 4.78 is 29.4. The van der Waals surface area contributed by atoms with Crippen LogP contribution in [0.1, 0.15) is 12.8 Å². The molecule has 3 aromatic heterocycles. The number of benzene rings is 1. The fourth-order valence-electron chi connectivity index (χ4n) is 4.19. The standard InChI is InChI=1S/C22H23N5O2S/c28-30(29,22-3-1-2-9-23-22)27-11-6-17(7-12-27)16-26-10-8-19-13-18(4-5-21(19)26)20-14-24-25-15-20/h1-5,8-10,13-15,17H,6-7,11-12,16H2,(H,24,25). The molecule has 0 unspecified atom stereocenters. The summed E-state index contributed by atoms with van der Waals surface area (Å²) in [5.41, 5.74) is 3.42. The Hall–Kier alpha value is -2.97. The maximum atomic E-state index is 12.8. The molecule has 1 aliphatic rings. The van der Waals surface area contributed by atoms with Crippen molar-refractivity contribution in [2.45, 2.75) is 24.4 Å². The molecule has 5 rings (SSSR count). The fourth-order valence-corrected chi connectivity index (χ4v) is 5.59. The maximum Gasteiger partial charge on any atom is 0.260 e. The largest absolute Gasteiger partial charge is 0.347 e. The number of fused-ring (bicyclic) bond motifs is 1. The van der Waals surface area contributed by atoms with Crippen molar-refractivity contribution in [3.8, 4) is 11.1 Å². The van der Waals surface area contributed by atoms with Crippen molar-refractivity contribution in [2.24, 2.45) is 5.92 Å². The van der Waals surface area contributed by atoms with Crippen molar-refractivity contribution < 1.29 is 8.42 Å². The first-order chi connectivity index (χ1) is 14.6. The molecule has 0 saturated carbocycles. The number of piperidine rings is 1. The van der Waals surface area contributed by atoms with Crippen molar-refractivity contribution in [1.82, 2.24) is 24.1 Å². The van der Waals surface area contributed by atoms with Gasteiger partial charge >= 0.3 is 0 Å². The summed E-state index contributed by atoms with van der Waals surface area (Å²) >= 11 is 0. The summed E-state index contributed by atoms with van der Waals surface area (Å²) in [4.78, 5) is 4.03. The predicted molar refractivity (Wildman–Crippen MR) is 115 cm³/mol. The number of sulfonamides is 1. The quantitative estimate of drug-likeness (QED) is 0.534. The van der Waals surface area contributed by atoms with Crippen molar-refractivity contribution in [3.05, 3.63) is 67.3 Å². The summed E-state index contributed by atoms with van der Waals surface area (Å²) in [5, 5.41) is 8.21. The first kappa shape index (κ1) is 19.0. The molecule has 1 saturated heterocycles. The molecular weight excluding hydrogens is 398 g/mol. The number of hydrogen-bond donors (Lipinski definition) is 1. The second-order valence-electron chi connectivity index (χ2n) is 7.74. The zero-order valence-corrected chi connectivity index (χ0v) is 17.3. The van der Waals surface area contributed by atoms with Crippen LogP contribution in [0.5, 0.6) is 0 Å². The van der Waals surface area contributed by atoms with Gasteiger partial charge in [-0.15, -0.1) is 0 Å². The Balaban J connectivity index is 1.27. The summed E-state index contributed by atoms with van der Waals surface area (Å²) in [5.74, 6) is 0.448. The number of nitrogens with one attached hydrogen (secondary N) is 1. The van der Waals surface area contributed by atoms with E-state index in [9.17, 15) is 8.42 Å². The van der Waals surface area contributed by atoms with Gasteiger partial charge in [0.1, 0.15) is 0 Å². The summed E-state index contributed by atoms with van der Waals surface area (Å²) in [6.45, 7) is 1.97. The molecule has 1 aromatic carbocycles. The molecule has 4 aromatic rings. The molecule has 1 N–H and O–H groups in total. The van der Waals surface area contributed by atoms with Crippen LogP contribution in [-0.4, -0.2) is 45.6 Å². The molecule has 30 heavy (non-hydrogen) atoms. The van der Waals surface area contributed by atoms with Gasteiger partial charge in [0.05, 0.1) is 6.20 Å². The van der Waals surface area contributed by atoms with E-state index in [1.165, 1.54) is 17.1 Å². The zero-order valence-electron chi connectivity index (χ0n) is 16.5. The molecule has 1 fully saturated rings. The molecule has 0 amide bonds. The SMILES string of the molecule is O=S(=O)(c1ccccn1)N1CCC(Cn2ccc3cc(-c4cn[nH]c4)ccc32)CC1. The smallest absolute Gasteiger partial charge is 0.260 e. The van der Waals surface area contributed by atoms with E-state index in [1.54, 1.807) is 22.5 Å². The predicted octanol–water partition coefficient (Wildman–Crippen LogP) is 3.53. The van der Waals surface area contributed by atoms with E-state index in [0.717, 1.165) is 30.5 Å². The van der Waals surface area contributed by atoms with Gasteiger partial charge in [0.2, 0.25) is 0 Å². The van der Waals surface area contributed by atoms with E-state index in [2.05, 4.69) is 50.2 Å². The van der Waals surface area contributed by atoms with Crippen LogP contribution in [0.15, 0.2) is 72.3 Å². The van der Waals surface area contributed by atoms with E-state index in [1.807, 2.05) is 12.4 Å². The Bertz CT molecular complexity index is 1240. The highest BCUT2D eigenvalue weighted by atomic mass is 32.2. The minimum Gasteiger partial charge on any atom is -0.347 e. The average molecular weight is 422 g/mol. The van der Waals surface area contributed by atoms with Crippen molar-refractivity contribution >= 4 is 20.9 Å². The maximum absolute atomic E-state index is 12.8. The molecule has 0 bridgehead atoms. The Morgan fingerprint density at radius 3 is 2.67 bits per heavy atom. The lowest BCUT2D eigenvalue weighted by atomic mass is 9.98. The van der Waals surface area contributed by atoms with Gasteiger partial charge in [0.15, 0.2) is 5.03 Å². The van der Waals surface area contributed by atoms with E-state index >= 15 is 0 Å². The lowest BCUT2D eigenvalue weighted by molar-refractivity contribution is 0.254. The molecule has 0 atom stereocenters.